The minimum absolute atomic E-state index is 0.477. The standard InChI is InChI=1S/C14H22N2O/c1-3-12-6-8-16(9-7-12)13-4-5-14(11(2)17)15-10-13/h4-5,10-12,17H,3,6-9H2,1-2H3/t11-/m0/s1. The van der Waals surface area contributed by atoms with Gasteiger partial charge in [-0.2, -0.15) is 0 Å². The summed E-state index contributed by atoms with van der Waals surface area (Å²) in [5, 5.41) is 9.42. The fraction of sp³-hybridized carbons (Fsp3) is 0.643. The highest BCUT2D eigenvalue weighted by Crippen LogP contribution is 2.25. The Morgan fingerprint density at radius 2 is 2.12 bits per heavy atom. The minimum atomic E-state index is -0.477. The van der Waals surface area contributed by atoms with Crippen LogP contribution in [0.25, 0.3) is 0 Å². The molecule has 1 saturated heterocycles. The SMILES string of the molecule is CCC1CCN(c2ccc([C@H](C)O)nc2)CC1. The number of hydrogen-bond donors (Lipinski definition) is 1. The van der Waals surface area contributed by atoms with Crippen LogP contribution in [-0.2, 0) is 0 Å². The first-order chi connectivity index (χ1) is 8.20. The van der Waals surface area contributed by atoms with Crippen molar-refractivity contribution >= 4 is 5.69 Å². The molecule has 0 aliphatic carbocycles. The molecular weight excluding hydrogens is 212 g/mol. The van der Waals surface area contributed by atoms with Crippen molar-refractivity contribution in [1.82, 2.24) is 4.98 Å². The van der Waals surface area contributed by atoms with Crippen LogP contribution in [0.15, 0.2) is 18.3 Å². The quantitative estimate of drug-likeness (QED) is 0.873. The maximum Gasteiger partial charge on any atom is 0.0931 e. The third kappa shape index (κ3) is 2.97. The van der Waals surface area contributed by atoms with Gasteiger partial charge in [-0.1, -0.05) is 13.3 Å². The molecule has 2 heterocycles. The van der Waals surface area contributed by atoms with Gasteiger partial charge in [-0.15, -0.1) is 0 Å². The molecule has 0 amide bonds. The second kappa shape index (κ2) is 5.50. The molecule has 3 heteroatoms. The predicted octanol–water partition coefficient (Wildman–Crippen LogP) is 2.76. The minimum Gasteiger partial charge on any atom is -0.387 e. The number of aliphatic hydroxyl groups excluding tert-OH is 1. The zero-order chi connectivity index (χ0) is 12.3. The molecule has 1 aromatic rings. The third-order valence-electron chi connectivity index (χ3n) is 3.76. The van der Waals surface area contributed by atoms with E-state index in [1.807, 2.05) is 12.3 Å². The van der Waals surface area contributed by atoms with E-state index in [-0.39, 0.29) is 0 Å². The van der Waals surface area contributed by atoms with Crippen LogP contribution in [0.4, 0.5) is 5.69 Å². The van der Waals surface area contributed by atoms with Gasteiger partial charge in [0, 0.05) is 13.1 Å². The van der Waals surface area contributed by atoms with E-state index in [9.17, 15) is 5.11 Å². The monoisotopic (exact) mass is 234 g/mol. The van der Waals surface area contributed by atoms with Crippen molar-refractivity contribution in [3.8, 4) is 0 Å². The third-order valence-corrected chi connectivity index (χ3v) is 3.76. The smallest absolute Gasteiger partial charge is 0.0931 e. The molecule has 0 unspecified atom stereocenters. The van der Waals surface area contributed by atoms with Crippen molar-refractivity contribution in [3.63, 3.8) is 0 Å². The molecule has 1 N–H and O–H groups in total. The summed E-state index contributed by atoms with van der Waals surface area (Å²) in [5.41, 5.74) is 1.93. The molecule has 0 aromatic carbocycles. The van der Waals surface area contributed by atoms with Gasteiger partial charge in [-0.3, -0.25) is 4.98 Å². The van der Waals surface area contributed by atoms with E-state index in [2.05, 4.69) is 22.9 Å². The first-order valence-corrected chi connectivity index (χ1v) is 6.59. The van der Waals surface area contributed by atoms with Gasteiger partial charge in [-0.25, -0.2) is 0 Å². The van der Waals surface area contributed by atoms with E-state index in [4.69, 9.17) is 0 Å². The predicted molar refractivity (Wildman–Crippen MR) is 70.1 cm³/mol. The molecule has 0 bridgehead atoms. The number of aliphatic hydroxyl groups is 1. The van der Waals surface area contributed by atoms with E-state index in [1.54, 1.807) is 6.92 Å². The molecule has 17 heavy (non-hydrogen) atoms. The van der Waals surface area contributed by atoms with Gasteiger partial charge in [0.25, 0.3) is 0 Å². The van der Waals surface area contributed by atoms with Crippen LogP contribution in [0, 0.1) is 5.92 Å². The number of rotatable bonds is 3. The Morgan fingerprint density at radius 1 is 1.41 bits per heavy atom. The molecule has 3 nitrogen and oxygen atoms in total. The van der Waals surface area contributed by atoms with Gasteiger partial charge in [0.1, 0.15) is 0 Å². The summed E-state index contributed by atoms with van der Waals surface area (Å²) in [5.74, 6) is 0.899. The van der Waals surface area contributed by atoms with Crippen molar-refractivity contribution in [3.05, 3.63) is 24.0 Å². The van der Waals surface area contributed by atoms with Crippen LogP contribution in [0.2, 0.25) is 0 Å². The number of pyridine rings is 1. The van der Waals surface area contributed by atoms with Gasteiger partial charge in [0.15, 0.2) is 0 Å². The van der Waals surface area contributed by atoms with E-state index >= 15 is 0 Å². The van der Waals surface area contributed by atoms with Crippen molar-refractivity contribution in [1.29, 1.82) is 0 Å². The lowest BCUT2D eigenvalue weighted by Gasteiger charge is -2.33. The highest BCUT2D eigenvalue weighted by molar-refractivity contribution is 5.45. The van der Waals surface area contributed by atoms with Crippen LogP contribution < -0.4 is 4.90 Å². The molecule has 0 saturated carbocycles. The van der Waals surface area contributed by atoms with Crippen LogP contribution in [0.1, 0.15) is 44.9 Å². The van der Waals surface area contributed by atoms with Gasteiger partial charge in [0.2, 0.25) is 0 Å². The Morgan fingerprint density at radius 3 is 2.59 bits per heavy atom. The number of nitrogens with zero attached hydrogens (tertiary/aromatic N) is 2. The molecule has 1 aliphatic rings. The maximum absolute atomic E-state index is 9.42. The van der Waals surface area contributed by atoms with Gasteiger partial charge in [0.05, 0.1) is 23.7 Å². The largest absolute Gasteiger partial charge is 0.387 e. The van der Waals surface area contributed by atoms with Crippen LogP contribution in [0.3, 0.4) is 0 Å². The lowest BCUT2D eigenvalue weighted by atomic mass is 9.94. The summed E-state index contributed by atoms with van der Waals surface area (Å²) in [4.78, 5) is 6.69. The van der Waals surface area contributed by atoms with Gasteiger partial charge in [-0.05, 0) is 37.8 Å². The zero-order valence-corrected chi connectivity index (χ0v) is 10.8. The number of hydrogen-bond acceptors (Lipinski definition) is 3. The molecule has 94 valence electrons. The lowest BCUT2D eigenvalue weighted by molar-refractivity contribution is 0.194. The molecule has 1 atom stereocenters. The number of aromatic nitrogens is 1. The van der Waals surface area contributed by atoms with E-state index in [0.29, 0.717) is 0 Å². The summed E-state index contributed by atoms with van der Waals surface area (Å²) in [7, 11) is 0. The summed E-state index contributed by atoms with van der Waals surface area (Å²) in [6.07, 6.45) is 5.28. The Bertz CT molecular complexity index is 340. The average Bonchev–Trinajstić information content (AvgIpc) is 2.39. The van der Waals surface area contributed by atoms with Crippen molar-refractivity contribution in [2.75, 3.05) is 18.0 Å². The molecule has 1 aliphatic heterocycles. The molecule has 2 rings (SSSR count). The average molecular weight is 234 g/mol. The summed E-state index contributed by atoms with van der Waals surface area (Å²) < 4.78 is 0. The number of anilines is 1. The zero-order valence-electron chi connectivity index (χ0n) is 10.8. The van der Waals surface area contributed by atoms with Crippen LogP contribution >= 0.6 is 0 Å². The molecule has 0 spiro atoms. The lowest BCUT2D eigenvalue weighted by Crippen LogP contribution is -2.33. The first kappa shape index (κ1) is 12.4. The molecule has 0 radical (unpaired) electrons. The molecule has 1 fully saturated rings. The summed E-state index contributed by atoms with van der Waals surface area (Å²) in [6.45, 7) is 6.29. The summed E-state index contributed by atoms with van der Waals surface area (Å²) in [6, 6.07) is 3.99. The molecule has 1 aromatic heterocycles. The summed E-state index contributed by atoms with van der Waals surface area (Å²) >= 11 is 0. The van der Waals surface area contributed by atoms with Crippen LogP contribution in [0.5, 0.6) is 0 Å². The van der Waals surface area contributed by atoms with Gasteiger partial charge >= 0.3 is 0 Å². The second-order valence-corrected chi connectivity index (χ2v) is 4.96. The fourth-order valence-corrected chi connectivity index (χ4v) is 2.43. The maximum atomic E-state index is 9.42. The Hall–Kier alpha value is -1.09. The van der Waals surface area contributed by atoms with Crippen molar-refractivity contribution in [2.24, 2.45) is 5.92 Å². The highest BCUT2D eigenvalue weighted by atomic mass is 16.3. The van der Waals surface area contributed by atoms with Crippen LogP contribution in [-0.4, -0.2) is 23.2 Å². The van der Waals surface area contributed by atoms with Crippen molar-refractivity contribution in [2.45, 2.75) is 39.2 Å². The second-order valence-electron chi connectivity index (χ2n) is 4.96. The Balaban J connectivity index is 1.99. The molecular formula is C14H22N2O. The first-order valence-electron chi connectivity index (χ1n) is 6.59. The number of piperidine rings is 1. The van der Waals surface area contributed by atoms with E-state index in [0.717, 1.165) is 24.7 Å². The fourth-order valence-electron chi connectivity index (χ4n) is 2.43. The van der Waals surface area contributed by atoms with E-state index in [1.165, 1.54) is 24.9 Å². The highest BCUT2D eigenvalue weighted by Gasteiger charge is 2.18. The Kier molecular flexibility index (Phi) is 4.00. The normalized spacial score (nSPS) is 19.4. The Labute approximate surface area is 103 Å². The van der Waals surface area contributed by atoms with Gasteiger partial charge < -0.3 is 10.0 Å². The topological polar surface area (TPSA) is 36.4 Å². The van der Waals surface area contributed by atoms with E-state index < -0.39 is 6.10 Å². The van der Waals surface area contributed by atoms with Crippen molar-refractivity contribution < 1.29 is 5.11 Å².